The topological polar surface area (TPSA) is 24.5 Å². The van der Waals surface area contributed by atoms with Crippen molar-refractivity contribution in [1.29, 1.82) is 0 Å². The van der Waals surface area contributed by atoms with Crippen molar-refractivity contribution < 1.29 is 4.74 Å². The predicted molar refractivity (Wildman–Crippen MR) is 84.2 cm³/mol. The van der Waals surface area contributed by atoms with E-state index in [-0.39, 0.29) is 0 Å². The van der Waals surface area contributed by atoms with Crippen molar-refractivity contribution in [2.45, 2.75) is 38.8 Å². The Morgan fingerprint density at radius 1 is 1.35 bits per heavy atom. The Bertz CT molecular complexity index is 421. The number of hydrogen-bond acceptors (Lipinski definition) is 3. The van der Waals surface area contributed by atoms with E-state index in [0.29, 0.717) is 12.1 Å². The zero-order chi connectivity index (χ0) is 14.5. The maximum atomic E-state index is 5.31. The lowest BCUT2D eigenvalue weighted by molar-refractivity contribution is 0.174. The Morgan fingerprint density at radius 2 is 2.15 bits per heavy atom. The maximum absolute atomic E-state index is 5.31. The minimum absolute atomic E-state index is 0.354. The van der Waals surface area contributed by atoms with E-state index in [0.717, 1.165) is 11.7 Å². The number of rotatable bonds is 5. The van der Waals surface area contributed by atoms with Crippen LogP contribution in [0.3, 0.4) is 0 Å². The molecule has 1 saturated heterocycles. The van der Waals surface area contributed by atoms with Crippen molar-refractivity contribution in [2.24, 2.45) is 5.92 Å². The number of ether oxygens (including phenoxy) is 1. The molecule has 0 aromatic heterocycles. The van der Waals surface area contributed by atoms with E-state index in [1.807, 2.05) is 6.07 Å². The fourth-order valence-electron chi connectivity index (χ4n) is 3.15. The fourth-order valence-corrected chi connectivity index (χ4v) is 3.15. The molecule has 0 aliphatic carbocycles. The molecule has 1 aliphatic rings. The monoisotopic (exact) mass is 276 g/mol. The number of methoxy groups -OCH3 is 1. The summed E-state index contributed by atoms with van der Waals surface area (Å²) in [6.07, 6.45) is 2.66. The summed E-state index contributed by atoms with van der Waals surface area (Å²) >= 11 is 0. The van der Waals surface area contributed by atoms with Crippen LogP contribution in [-0.4, -0.2) is 38.2 Å². The molecule has 112 valence electrons. The van der Waals surface area contributed by atoms with Gasteiger partial charge in [-0.1, -0.05) is 12.1 Å². The molecule has 1 aliphatic heterocycles. The average Bonchev–Trinajstić information content (AvgIpc) is 2.47. The van der Waals surface area contributed by atoms with Crippen LogP contribution >= 0.6 is 0 Å². The number of nitrogens with zero attached hydrogens (tertiary/aromatic N) is 1. The number of piperidine rings is 1. The van der Waals surface area contributed by atoms with Gasteiger partial charge in [0.2, 0.25) is 0 Å². The van der Waals surface area contributed by atoms with Crippen LogP contribution in [0.5, 0.6) is 5.75 Å². The fraction of sp³-hybridized carbons (Fsp3) is 0.647. The summed E-state index contributed by atoms with van der Waals surface area (Å²) in [7, 11) is 3.95. The highest BCUT2D eigenvalue weighted by Crippen LogP contribution is 2.23. The minimum atomic E-state index is 0.354. The molecule has 0 bridgehead atoms. The van der Waals surface area contributed by atoms with Crippen molar-refractivity contribution in [1.82, 2.24) is 10.2 Å². The minimum Gasteiger partial charge on any atom is -0.497 e. The van der Waals surface area contributed by atoms with Gasteiger partial charge in [-0.2, -0.15) is 0 Å². The van der Waals surface area contributed by atoms with Crippen LogP contribution in [0.15, 0.2) is 24.3 Å². The molecule has 2 unspecified atom stereocenters. The lowest BCUT2D eigenvalue weighted by atomic mass is 9.91. The Kier molecular flexibility index (Phi) is 5.44. The third-order valence-electron chi connectivity index (χ3n) is 4.47. The van der Waals surface area contributed by atoms with Crippen LogP contribution < -0.4 is 10.1 Å². The zero-order valence-corrected chi connectivity index (χ0v) is 13.2. The molecule has 2 rings (SSSR count). The first-order valence-corrected chi connectivity index (χ1v) is 7.68. The number of benzene rings is 1. The van der Waals surface area contributed by atoms with Gasteiger partial charge in [0, 0.05) is 18.6 Å². The molecule has 3 heteroatoms. The van der Waals surface area contributed by atoms with Crippen LogP contribution in [0.1, 0.15) is 38.3 Å². The van der Waals surface area contributed by atoms with E-state index in [4.69, 9.17) is 4.74 Å². The van der Waals surface area contributed by atoms with Crippen molar-refractivity contribution in [3.63, 3.8) is 0 Å². The van der Waals surface area contributed by atoms with E-state index in [9.17, 15) is 0 Å². The highest BCUT2D eigenvalue weighted by Gasteiger charge is 2.23. The largest absolute Gasteiger partial charge is 0.497 e. The van der Waals surface area contributed by atoms with Gasteiger partial charge < -0.3 is 15.0 Å². The van der Waals surface area contributed by atoms with Gasteiger partial charge >= 0.3 is 0 Å². The third-order valence-corrected chi connectivity index (χ3v) is 4.47. The third kappa shape index (κ3) is 3.97. The predicted octanol–water partition coefficient (Wildman–Crippen LogP) is 3.08. The Hall–Kier alpha value is -1.06. The van der Waals surface area contributed by atoms with Crippen LogP contribution in [-0.2, 0) is 0 Å². The maximum Gasteiger partial charge on any atom is 0.119 e. The van der Waals surface area contributed by atoms with E-state index >= 15 is 0 Å². The molecule has 0 radical (unpaired) electrons. The van der Waals surface area contributed by atoms with Gasteiger partial charge in [0.1, 0.15) is 5.75 Å². The summed E-state index contributed by atoms with van der Waals surface area (Å²) in [6, 6.07) is 9.24. The van der Waals surface area contributed by atoms with E-state index in [2.05, 4.69) is 49.3 Å². The molecule has 0 saturated carbocycles. The summed E-state index contributed by atoms with van der Waals surface area (Å²) < 4.78 is 5.31. The van der Waals surface area contributed by atoms with E-state index in [1.165, 1.54) is 31.5 Å². The van der Waals surface area contributed by atoms with E-state index in [1.54, 1.807) is 7.11 Å². The first-order chi connectivity index (χ1) is 9.60. The van der Waals surface area contributed by atoms with Gasteiger partial charge in [-0.15, -0.1) is 0 Å². The second-order valence-corrected chi connectivity index (χ2v) is 6.12. The van der Waals surface area contributed by atoms with E-state index < -0.39 is 0 Å². The van der Waals surface area contributed by atoms with Gasteiger partial charge in [-0.05, 0) is 63.9 Å². The summed E-state index contributed by atoms with van der Waals surface area (Å²) in [5.41, 5.74) is 1.29. The summed E-state index contributed by atoms with van der Waals surface area (Å²) in [6.45, 7) is 7.01. The highest BCUT2D eigenvalue weighted by molar-refractivity contribution is 5.30. The van der Waals surface area contributed by atoms with Gasteiger partial charge in [-0.3, -0.25) is 0 Å². The molecule has 3 nitrogen and oxygen atoms in total. The average molecular weight is 276 g/mol. The summed E-state index contributed by atoms with van der Waals surface area (Å²) in [4.78, 5) is 2.45. The van der Waals surface area contributed by atoms with Crippen molar-refractivity contribution in [3.8, 4) is 5.75 Å². The Morgan fingerprint density at radius 3 is 2.85 bits per heavy atom. The molecule has 0 amide bonds. The van der Waals surface area contributed by atoms with Crippen LogP contribution in [0.2, 0.25) is 0 Å². The van der Waals surface area contributed by atoms with Gasteiger partial charge in [0.15, 0.2) is 0 Å². The van der Waals surface area contributed by atoms with Crippen LogP contribution in [0.25, 0.3) is 0 Å². The number of nitrogens with one attached hydrogen (secondary N) is 1. The smallest absolute Gasteiger partial charge is 0.119 e. The molecule has 0 spiro atoms. The second kappa shape index (κ2) is 7.09. The lowest BCUT2D eigenvalue weighted by Gasteiger charge is -2.35. The molecular weight excluding hydrogens is 248 g/mol. The summed E-state index contributed by atoms with van der Waals surface area (Å²) in [5, 5.41) is 3.76. The van der Waals surface area contributed by atoms with Crippen LogP contribution in [0.4, 0.5) is 0 Å². The molecular formula is C17H28N2O. The van der Waals surface area contributed by atoms with Gasteiger partial charge in [0.05, 0.1) is 7.11 Å². The van der Waals surface area contributed by atoms with Gasteiger partial charge in [-0.25, -0.2) is 0 Å². The Balaban J connectivity index is 1.94. The molecule has 1 aromatic rings. The molecule has 1 fully saturated rings. The zero-order valence-electron chi connectivity index (χ0n) is 13.2. The SMILES string of the molecule is COc1cccc([C@H](C)NC(C)C2CCCN(C)C2)c1. The lowest BCUT2D eigenvalue weighted by Crippen LogP contribution is -2.43. The first kappa shape index (κ1) is 15.3. The van der Waals surface area contributed by atoms with Crippen molar-refractivity contribution in [2.75, 3.05) is 27.2 Å². The Labute approximate surface area is 123 Å². The first-order valence-electron chi connectivity index (χ1n) is 7.68. The van der Waals surface area contributed by atoms with Crippen LogP contribution in [0, 0.1) is 5.92 Å². The van der Waals surface area contributed by atoms with Crippen molar-refractivity contribution >= 4 is 0 Å². The molecule has 3 atom stereocenters. The molecule has 20 heavy (non-hydrogen) atoms. The quantitative estimate of drug-likeness (QED) is 0.894. The van der Waals surface area contributed by atoms with Crippen molar-refractivity contribution in [3.05, 3.63) is 29.8 Å². The molecule has 1 aromatic carbocycles. The summed E-state index contributed by atoms with van der Waals surface area (Å²) in [5.74, 6) is 1.68. The normalized spacial score (nSPS) is 23.3. The molecule has 1 N–H and O–H groups in total. The highest BCUT2D eigenvalue weighted by atomic mass is 16.5. The number of likely N-dealkylation sites (tertiary alicyclic amines) is 1. The second-order valence-electron chi connectivity index (χ2n) is 6.12. The van der Waals surface area contributed by atoms with Gasteiger partial charge in [0.25, 0.3) is 0 Å². The molecule has 1 heterocycles. The number of hydrogen-bond donors (Lipinski definition) is 1. The standard InChI is InChI=1S/C17H28N2O/c1-13(15-7-5-9-17(11-15)20-4)18-14(2)16-8-6-10-19(3)12-16/h5,7,9,11,13-14,16,18H,6,8,10,12H2,1-4H3/t13-,14?,16?/m0/s1.